The van der Waals surface area contributed by atoms with Gasteiger partial charge >= 0.3 is 0 Å². The Morgan fingerprint density at radius 3 is 2.50 bits per heavy atom. The second-order valence-corrected chi connectivity index (χ2v) is 5.96. The number of benzene rings is 1. The van der Waals surface area contributed by atoms with Crippen LogP contribution in [0.2, 0.25) is 0 Å². The monoisotopic (exact) mass is 287 g/mol. The highest BCUT2D eigenvalue weighted by molar-refractivity contribution is 8.13. The molecule has 6 nitrogen and oxygen atoms in total. The number of hydrogen-bond acceptors (Lipinski definition) is 5. The molecule has 0 aliphatic carbocycles. The van der Waals surface area contributed by atoms with Crippen LogP contribution in [0, 0.1) is 0 Å². The minimum atomic E-state index is -3.92. The van der Waals surface area contributed by atoms with Gasteiger partial charge in [0.2, 0.25) is 0 Å². The third-order valence-electron chi connectivity index (χ3n) is 2.40. The van der Waals surface area contributed by atoms with Crippen LogP contribution in [-0.2, 0) is 16.1 Å². The summed E-state index contributed by atoms with van der Waals surface area (Å²) in [7, 11) is 4.38. The summed E-state index contributed by atoms with van der Waals surface area (Å²) >= 11 is 0. The van der Waals surface area contributed by atoms with Crippen molar-refractivity contribution in [3.8, 4) is 17.1 Å². The van der Waals surface area contributed by atoms with Gasteiger partial charge in [-0.25, -0.2) is 8.42 Å². The van der Waals surface area contributed by atoms with Gasteiger partial charge in [0.1, 0.15) is 5.75 Å². The summed E-state index contributed by atoms with van der Waals surface area (Å²) in [6.45, 7) is 0. The Balaban J connectivity index is 2.63. The van der Waals surface area contributed by atoms with Crippen molar-refractivity contribution in [2.75, 3.05) is 7.11 Å². The number of nitrogens with zero attached hydrogens (tertiary/aromatic N) is 3. The molecule has 0 aliphatic heterocycles. The van der Waals surface area contributed by atoms with E-state index in [1.54, 1.807) is 24.3 Å². The van der Waals surface area contributed by atoms with E-state index >= 15 is 0 Å². The molecule has 0 bridgehead atoms. The number of para-hydroxylation sites is 1. The van der Waals surface area contributed by atoms with E-state index in [0.29, 0.717) is 17.1 Å². The Bertz CT molecular complexity index is 681. The largest absolute Gasteiger partial charge is 0.496 e. The second-order valence-electron chi connectivity index (χ2n) is 3.50. The van der Waals surface area contributed by atoms with Gasteiger partial charge in [-0.1, -0.05) is 12.1 Å². The van der Waals surface area contributed by atoms with Crippen LogP contribution in [0.1, 0.15) is 0 Å². The van der Waals surface area contributed by atoms with Crippen molar-refractivity contribution in [3.05, 3.63) is 24.3 Å². The molecule has 1 aromatic carbocycles. The fourth-order valence-electron chi connectivity index (χ4n) is 1.59. The molecule has 0 saturated carbocycles. The third-order valence-corrected chi connectivity index (χ3v) is 3.61. The molecule has 0 saturated heterocycles. The van der Waals surface area contributed by atoms with Gasteiger partial charge in [-0.05, 0) is 12.1 Å². The first-order chi connectivity index (χ1) is 8.45. The predicted molar refractivity (Wildman–Crippen MR) is 66.0 cm³/mol. The van der Waals surface area contributed by atoms with Gasteiger partial charge in [0, 0.05) is 17.7 Å². The topological polar surface area (TPSA) is 74.1 Å². The van der Waals surface area contributed by atoms with Crippen molar-refractivity contribution in [1.29, 1.82) is 0 Å². The molecule has 0 radical (unpaired) electrons. The van der Waals surface area contributed by atoms with Crippen LogP contribution in [0.4, 0.5) is 0 Å². The van der Waals surface area contributed by atoms with E-state index in [4.69, 9.17) is 15.4 Å². The lowest BCUT2D eigenvalue weighted by atomic mass is 10.2. The summed E-state index contributed by atoms with van der Waals surface area (Å²) in [4.78, 5) is 0. The Morgan fingerprint density at radius 2 is 1.94 bits per heavy atom. The quantitative estimate of drug-likeness (QED) is 0.798. The van der Waals surface area contributed by atoms with Crippen molar-refractivity contribution in [1.82, 2.24) is 14.8 Å². The van der Waals surface area contributed by atoms with Gasteiger partial charge in [-0.15, -0.1) is 10.2 Å². The highest BCUT2D eigenvalue weighted by Crippen LogP contribution is 2.29. The van der Waals surface area contributed by atoms with Gasteiger partial charge in [0.15, 0.2) is 5.82 Å². The molecule has 0 spiro atoms. The van der Waals surface area contributed by atoms with Crippen LogP contribution in [0.15, 0.2) is 29.4 Å². The van der Waals surface area contributed by atoms with E-state index in [9.17, 15) is 8.42 Å². The van der Waals surface area contributed by atoms with Crippen molar-refractivity contribution in [3.63, 3.8) is 0 Å². The molecule has 0 aliphatic rings. The van der Waals surface area contributed by atoms with Gasteiger partial charge in [0.05, 0.1) is 12.7 Å². The average molecular weight is 288 g/mol. The zero-order valence-electron chi connectivity index (χ0n) is 9.66. The summed E-state index contributed by atoms with van der Waals surface area (Å²) in [5, 5.41) is 7.11. The number of halogens is 1. The molecule has 8 heteroatoms. The minimum absolute atomic E-state index is 0.301. The number of ether oxygens (including phenoxy) is 1. The molecule has 18 heavy (non-hydrogen) atoms. The zero-order valence-corrected chi connectivity index (χ0v) is 11.2. The third kappa shape index (κ3) is 2.19. The van der Waals surface area contributed by atoms with Crippen LogP contribution in [0.5, 0.6) is 5.75 Å². The lowest BCUT2D eigenvalue weighted by Crippen LogP contribution is -2.03. The summed E-state index contributed by atoms with van der Waals surface area (Å²) in [5.74, 6) is 0.943. The molecule has 0 amide bonds. The van der Waals surface area contributed by atoms with E-state index in [-0.39, 0.29) is 5.16 Å². The Morgan fingerprint density at radius 1 is 1.28 bits per heavy atom. The Hall–Kier alpha value is -1.60. The number of hydrogen-bond donors (Lipinski definition) is 0. The second kappa shape index (κ2) is 4.58. The standard InChI is InChI=1S/C10H10ClN3O3S/c1-14-9(12-13-10(14)18(11,15)16)7-5-3-4-6-8(7)17-2/h3-6H,1-2H3. The van der Waals surface area contributed by atoms with Gasteiger partial charge in [0.25, 0.3) is 14.2 Å². The lowest BCUT2D eigenvalue weighted by Gasteiger charge is -2.07. The first kappa shape index (κ1) is 12.8. The fourth-order valence-corrected chi connectivity index (χ4v) is 2.55. The van der Waals surface area contributed by atoms with Crippen LogP contribution < -0.4 is 4.74 Å². The molecular formula is C10H10ClN3O3S. The normalized spacial score (nSPS) is 11.5. The molecule has 0 N–H and O–H groups in total. The molecule has 0 unspecified atom stereocenters. The first-order valence-electron chi connectivity index (χ1n) is 4.92. The number of rotatable bonds is 3. The maximum atomic E-state index is 11.3. The Kier molecular flexibility index (Phi) is 3.27. The van der Waals surface area contributed by atoms with Crippen LogP contribution in [0.25, 0.3) is 11.4 Å². The van der Waals surface area contributed by atoms with Crippen molar-refractivity contribution < 1.29 is 13.2 Å². The maximum absolute atomic E-state index is 11.3. The Labute approximate surface area is 109 Å². The van der Waals surface area contributed by atoms with Crippen LogP contribution in [0.3, 0.4) is 0 Å². The van der Waals surface area contributed by atoms with E-state index in [1.807, 2.05) is 0 Å². The fraction of sp³-hybridized carbons (Fsp3) is 0.200. The van der Waals surface area contributed by atoms with Crippen molar-refractivity contribution in [2.24, 2.45) is 7.05 Å². The highest BCUT2D eigenvalue weighted by Gasteiger charge is 2.22. The van der Waals surface area contributed by atoms with E-state index in [2.05, 4.69) is 10.2 Å². The molecule has 1 aromatic heterocycles. The van der Waals surface area contributed by atoms with Gasteiger partial charge < -0.3 is 4.74 Å². The molecule has 2 aromatic rings. The molecular weight excluding hydrogens is 278 g/mol. The van der Waals surface area contributed by atoms with E-state index in [1.165, 1.54) is 18.7 Å². The number of aromatic nitrogens is 3. The molecule has 2 rings (SSSR count). The summed E-state index contributed by atoms with van der Waals surface area (Å²) in [5.41, 5.74) is 0.640. The minimum Gasteiger partial charge on any atom is -0.496 e. The van der Waals surface area contributed by atoms with Crippen LogP contribution >= 0.6 is 10.7 Å². The molecule has 0 fully saturated rings. The van der Waals surface area contributed by atoms with E-state index in [0.717, 1.165) is 0 Å². The van der Waals surface area contributed by atoms with Crippen molar-refractivity contribution in [2.45, 2.75) is 5.16 Å². The van der Waals surface area contributed by atoms with Gasteiger partial charge in [-0.2, -0.15) is 0 Å². The van der Waals surface area contributed by atoms with E-state index < -0.39 is 9.05 Å². The number of methoxy groups -OCH3 is 1. The average Bonchev–Trinajstić information content (AvgIpc) is 2.70. The smallest absolute Gasteiger partial charge is 0.296 e. The van der Waals surface area contributed by atoms with Crippen LogP contribution in [-0.4, -0.2) is 30.3 Å². The van der Waals surface area contributed by atoms with Crippen molar-refractivity contribution >= 4 is 19.7 Å². The maximum Gasteiger partial charge on any atom is 0.296 e. The lowest BCUT2D eigenvalue weighted by molar-refractivity contribution is 0.416. The first-order valence-corrected chi connectivity index (χ1v) is 7.23. The van der Waals surface area contributed by atoms with Gasteiger partial charge in [-0.3, -0.25) is 4.57 Å². The summed E-state index contributed by atoms with van der Waals surface area (Å²) in [6.07, 6.45) is 0. The summed E-state index contributed by atoms with van der Waals surface area (Å²) < 4.78 is 29.0. The molecule has 96 valence electrons. The SMILES string of the molecule is COc1ccccc1-c1nnc(S(=O)(=O)Cl)n1C. The zero-order chi connectivity index (χ0) is 13.3. The highest BCUT2D eigenvalue weighted by atomic mass is 35.7. The summed E-state index contributed by atoms with van der Waals surface area (Å²) in [6, 6.07) is 7.10. The molecule has 0 atom stereocenters. The molecule has 1 heterocycles. The predicted octanol–water partition coefficient (Wildman–Crippen LogP) is 1.42.